The standard InChI is InChI=1S/C21H30F3N5O2/c1-13-9-14-10-25-20(26-15-4-7-31-8-5-15)27-18(14)12-29(13)19(30)16-3-6-28(2)11-17(16)21(22,23)24/h10,13,15-17H,3-9,11-12H2,1-2H3,(H,25,26,27)/t13-,16-,17-/m1/s1. The maximum atomic E-state index is 13.7. The molecule has 0 unspecified atom stereocenters. The van der Waals surface area contributed by atoms with Crippen molar-refractivity contribution in [2.24, 2.45) is 11.8 Å². The van der Waals surface area contributed by atoms with E-state index in [0.29, 0.717) is 37.8 Å². The van der Waals surface area contributed by atoms with Crippen molar-refractivity contribution in [2.75, 3.05) is 38.7 Å². The van der Waals surface area contributed by atoms with Gasteiger partial charge in [0.05, 0.1) is 24.1 Å². The summed E-state index contributed by atoms with van der Waals surface area (Å²) < 4.78 is 46.4. The summed E-state index contributed by atoms with van der Waals surface area (Å²) in [6.07, 6.45) is -0.114. The molecule has 4 rings (SSSR count). The lowest BCUT2D eigenvalue weighted by atomic mass is 9.83. The highest BCUT2D eigenvalue weighted by molar-refractivity contribution is 5.80. The number of amides is 1. The Morgan fingerprint density at radius 3 is 2.71 bits per heavy atom. The van der Waals surface area contributed by atoms with Gasteiger partial charge in [-0.2, -0.15) is 13.2 Å². The van der Waals surface area contributed by atoms with E-state index < -0.39 is 23.9 Å². The number of hydrogen-bond acceptors (Lipinski definition) is 6. The molecular formula is C21H30F3N5O2. The first-order valence-corrected chi connectivity index (χ1v) is 11.0. The number of likely N-dealkylation sites (tertiary alicyclic amines) is 1. The minimum atomic E-state index is -4.39. The number of rotatable bonds is 3. The molecule has 0 aliphatic carbocycles. The molecule has 7 nitrogen and oxygen atoms in total. The molecular weight excluding hydrogens is 411 g/mol. The highest BCUT2D eigenvalue weighted by Crippen LogP contribution is 2.39. The number of alkyl halides is 3. The van der Waals surface area contributed by atoms with Gasteiger partial charge in [0.2, 0.25) is 11.9 Å². The summed E-state index contributed by atoms with van der Waals surface area (Å²) in [5, 5.41) is 3.32. The molecule has 3 aliphatic rings. The second-order valence-corrected chi connectivity index (χ2v) is 9.02. The molecule has 10 heteroatoms. The zero-order valence-electron chi connectivity index (χ0n) is 18.0. The van der Waals surface area contributed by atoms with Crippen LogP contribution >= 0.6 is 0 Å². The Hall–Kier alpha value is -1.94. The fourth-order valence-corrected chi connectivity index (χ4v) is 4.84. The second-order valence-electron chi connectivity index (χ2n) is 9.02. The molecule has 31 heavy (non-hydrogen) atoms. The number of halogens is 3. The van der Waals surface area contributed by atoms with Gasteiger partial charge in [0.25, 0.3) is 0 Å². The van der Waals surface area contributed by atoms with E-state index in [1.807, 2.05) is 6.92 Å². The largest absolute Gasteiger partial charge is 0.393 e. The minimum Gasteiger partial charge on any atom is -0.381 e. The summed E-state index contributed by atoms with van der Waals surface area (Å²) in [6.45, 7) is 3.84. The molecule has 0 aromatic carbocycles. The number of carbonyl (C=O) groups excluding carboxylic acids is 1. The predicted molar refractivity (Wildman–Crippen MR) is 108 cm³/mol. The van der Waals surface area contributed by atoms with Crippen LogP contribution in [0.4, 0.5) is 19.1 Å². The van der Waals surface area contributed by atoms with Gasteiger partial charge in [-0.05, 0) is 51.8 Å². The summed E-state index contributed by atoms with van der Waals surface area (Å²) in [5.41, 5.74) is 1.66. The van der Waals surface area contributed by atoms with E-state index in [9.17, 15) is 18.0 Å². The Kier molecular flexibility index (Phi) is 6.39. The van der Waals surface area contributed by atoms with Crippen molar-refractivity contribution in [1.82, 2.24) is 19.8 Å². The van der Waals surface area contributed by atoms with Crippen molar-refractivity contribution in [3.8, 4) is 0 Å². The number of nitrogens with one attached hydrogen (secondary N) is 1. The van der Waals surface area contributed by atoms with Crippen LogP contribution in [0.5, 0.6) is 0 Å². The lowest BCUT2D eigenvalue weighted by Crippen LogP contribution is -2.54. The lowest BCUT2D eigenvalue weighted by Gasteiger charge is -2.42. The van der Waals surface area contributed by atoms with E-state index in [1.165, 1.54) is 0 Å². The Morgan fingerprint density at radius 2 is 2.00 bits per heavy atom. The Morgan fingerprint density at radius 1 is 1.26 bits per heavy atom. The maximum Gasteiger partial charge on any atom is 0.393 e. The average Bonchev–Trinajstić information content (AvgIpc) is 2.73. The van der Waals surface area contributed by atoms with Crippen LogP contribution in [0.3, 0.4) is 0 Å². The van der Waals surface area contributed by atoms with Gasteiger partial charge < -0.3 is 19.9 Å². The van der Waals surface area contributed by atoms with Gasteiger partial charge in [-0.15, -0.1) is 0 Å². The number of nitrogens with zero attached hydrogens (tertiary/aromatic N) is 4. The molecule has 0 spiro atoms. The van der Waals surface area contributed by atoms with E-state index in [4.69, 9.17) is 4.74 Å². The second kappa shape index (κ2) is 8.90. The number of piperidine rings is 1. The maximum absolute atomic E-state index is 13.7. The van der Waals surface area contributed by atoms with Gasteiger partial charge in [-0.1, -0.05) is 0 Å². The quantitative estimate of drug-likeness (QED) is 0.777. The van der Waals surface area contributed by atoms with Crippen LogP contribution in [0.1, 0.15) is 37.4 Å². The first kappa shape index (κ1) is 22.3. The van der Waals surface area contributed by atoms with E-state index in [0.717, 1.165) is 18.4 Å². The summed E-state index contributed by atoms with van der Waals surface area (Å²) in [6, 6.07) is 0.0465. The molecule has 0 radical (unpaired) electrons. The lowest BCUT2D eigenvalue weighted by molar-refractivity contribution is -0.205. The third-order valence-electron chi connectivity index (χ3n) is 6.71. The van der Waals surface area contributed by atoms with E-state index in [-0.39, 0.29) is 31.6 Å². The van der Waals surface area contributed by atoms with Crippen LogP contribution in [0.15, 0.2) is 6.20 Å². The molecule has 1 aromatic heterocycles. The molecule has 3 aliphatic heterocycles. The van der Waals surface area contributed by atoms with Crippen LogP contribution in [-0.2, 0) is 22.5 Å². The number of aromatic nitrogens is 2. The topological polar surface area (TPSA) is 70.6 Å². The Bertz CT molecular complexity index is 800. The normalized spacial score (nSPS) is 28.3. The molecule has 2 saturated heterocycles. The summed E-state index contributed by atoms with van der Waals surface area (Å²) >= 11 is 0. The number of anilines is 1. The van der Waals surface area contributed by atoms with Crippen LogP contribution in [0.2, 0.25) is 0 Å². The van der Waals surface area contributed by atoms with Gasteiger partial charge in [0.1, 0.15) is 0 Å². The smallest absolute Gasteiger partial charge is 0.381 e. The third kappa shape index (κ3) is 4.95. The van der Waals surface area contributed by atoms with Gasteiger partial charge in [0.15, 0.2) is 0 Å². The van der Waals surface area contributed by atoms with Crippen molar-refractivity contribution in [3.63, 3.8) is 0 Å². The van der Waals surface area contributed by atoms with Gasteiger partial charge in [-0.25, -0.2) is 9.97 Å². The predicted octanol–water partition coefficient (Wildman–Crippen LogP) is 2.47. The highest BCUT2D eigenvalue weighted by Gasteiger charge is 2.50. The molecule has 1 N–H and O–H groups in total. The fraction of sp³-hybridized carbons (Fsp3) is 0.762. The van der Waals surface area contributed by atoms with E-state index in [1.54, 1.807) is 23.0 Å². The molecule has 2 fully saturated rings. The minimum absolute atomic E-state index is 0.139. The first-order chi connectivity index (χ1) is 14.7. The van der Waals surface area contributed by atoms with Crippen molar-refractivity contribution in [1.29, 1.82) is 0 Å². The fourth-order valence-electron chi connectivity index (χ4n) is 4.84. The molecule has 1 aromatic rings. The van der Waals surface area contributed by atoms with Crippen LogP contribution in [-0.4, -0.2) is 77.3 Å². The van der Waals surface area contributed by atoms with Crippen molar-refractivity contribution >= 4 is 11.9 Å². The number of fused-ring (bicyclic) bond motifs is 1. The molecule has 0 saturated carbocycles. The Labute approximate surface area is 180 Å². The average molecular weight is 441 g/mol. The van der Waals surface area contributed by atoms with Gasteiger partial charge in [-0.3, -0.25) is 4.79 Å². The molecule has 0 bridgehead atoms. The number of hydrogen-bond donors (Lipinski definition) is 1. The van der Waals surface area contributed by atoms with Crippen LogP contribution in [0.25, 0.3) is 0 Å². The monoisotopic (exact) mass is 441 g/mol. The third-order valence-corrected chi connectivity index (χ3v) is 6.71. The summed E-state index contributed by atoms with van der Waals surface area (Å²) in [5.74, 6) is -2.59. The zero-order valence-corrected chi connectivity index (χ0v) is 18.0. The van der Waals surface area contributed by atoms with Crippen molar-refractivity contribution < 1.29 is 22.7 Å². The summed E-state index contributed by atoms with van der Waals surface area (Å²) in [7, 11) is 1.67. The van der Waals surface area contributed by atoms with Crippen LogP contribution in [0, 0.1) is 11.8 Å². The highest BCUT2D eigenvalue weighted by atomic mass is 19.4. The van der Waals surface area contributed by atoms with Gasteiger partial charge in [0, 0.05) is 38.0 Å². The Balaban J connectivity index is 1.50. The molecule has 172 valence electrons. The zero-order chi connectivity index (χ0) is 22.2. The van der Waals surface area contributed by atoms with Crippen molar-refractivity contribution in [3.05, 3.63) is 17.5 Å². The SMILES string of the molecule is C[C@@H]1Cc2cnc(NC3CCOCC3)nc2CN1C(=O)[C@@H]1CCN(C)C[C@H]1C(F)(F)F. The number of ether oxygens (including phenoxy) is 1. The summed E-state index contributed by atoms with van der Waals surface area (Å²) in [4.78, 5) is 25.5. The molecule has 3 atom stereocenters. The van der Waals surface area contributed by atoms with Crippen LogP contribution < -0.4 is 5.32 Å². The first-order valence-electron chi connectivity index (χ1n) is 11.0. The molecule has 1 amide bonds. The van der Waals surface area contributed by atoms with Gasteiger partial charge >= 0.3 is 6.18 Å². The molecule has 4 heterocycles. The number of carbonyl (C=O) groups is 1. The van der Waals surface area contributed by atoms with Crippen molar-refractivity contribution in [2.45, 2.75) is 57.4 Å². The van der Waals surface area contributed by atoms with E-state index >= 15 is 0 Å². The van der Waals surface area contributed by atoms with E-state index in [2.05, 4.69) is 15.3 Å².